The zero-order valence-corrected chi connectivity index (χ0v) is 16.0. The van der Waals surface area contributed by atoms with Crippen LogP contribution in [0.5, 0.6) is 5.75 Å². The fraction of sp³-hybridized carbons (Fsp3) is 0.474. The Labute approximate surface area is 159 Å². The topological polar surface area (TPSA) is 61.6 Å². The Morgan fingerprint density at radius 3 is 2.96 bits per heavy atom. The lowest BCUT2D eigenvalue weighted by Gasteiger charge is -2.33. The highest BCUT2D eigenvalue weighted by Crippen LogP contribution is 2.29. The maximum absolute atomic E-state index is 12.8. The van der Waals surface area contributed by atoms with Crippen LogP contribution in [0.4, 0.5) is 0 Å². The molecular weight excluding hydrogens is 352 g/mol. The molecule has 1 saturated heterocycles. The molecule has 1 atom stereocenters. The highest BCUT2D eigenvalue weighted by molar-refractivity contribution is 6.30. The van der Waals surface area contributed by atoms with Gasteiger partial charge in [-0.1, -0.05) is 11.6 Å². The number of carbonyl (C=O) groups is 1. The van der Waals surface area contributed by atoms with E-state index in [1.165, 1.54) is 6.07 Å². The van der Waals surface area contributed by atoms with Crippen molar-refractivity contribution in [2.24, 2.45) is 0 Å². The van der Waals surface area contributed by atoms with Crippen LogP contribution in [-0.2, 0) is 6.54 Å². The van der Waals surface area contributed by atoms with Crippen molar-refractivity contribution in [3.63, 3.8) is 0 Å². The Morgan fingerprint density at radius 2 is 2.23 bits per heavy atom. The van der Waals surface area contributed by atoms with Crippen molar-refractivity contribution < 1.29 is 9.90 Å². The van der Waals surface area contributed by atoms with Gasteiger partial charge in [0.05, 0.1) is 5.56 Å². The second-order valence-corrected chi connectivity index (χ2v) is 7.47. The van der Waals surface area contributed by atoms with Gasteiger partial charge in [-0.3, -0.25) is 4.79 Å². The quantitative estimate of drug-likeness (QED) is 0.871. The Balaban J connectivity index is 1.73. The van der Waals surface area contributed by atoms with Crippen LogP contribution in [-0.4, -0.2) is 64.1 Å². The van der Waals surface area contributed by atoms with Gasteiger partial charge in [-0.2, -0.15) is 0 Å². The Kier molecular flexibility index (Phi) is 5.84. The Bertz CT molecular complexity index is 775. The molecule has 6 nitrogen and oxygen atoms in total. The van der Waals surface area contributed by atoms with E-state index in [0.29, 0.717) is 23.7 Å². The first-order chi connectivity index (χ1) is 12.5. The van der Waals surface area contributed by atoms with Gasteiger partial charge in [-0.15, -0.1) is 0 Å². The number of nitrogens with zero attached hydrogens (tertiary/aromatic N) is 4. The summed E-state index contributed by atoms with van der Waals surface area (Å²) in [6.07, 6.45) is 5.77. The van der Waals surface area contributed by atoms with E-state index in [-0.39, 0.29) is 17.6 Å². The van der Waals surface area contributed by atoms with E-state index in [9.17, 15) is 9.90 Å². The summed E-state index contributed by atoms with van der Waals surface area (Å²) in [5.74, 6) is 1.01. The summed E-state index contributed by atoms with van der Waals surface area (Å²) < 4.78 is 2.18. The Hall–Kier alpha value is -2.05. The number of hydrogen-bond donors (Lipinski definition) is 1. The van der Waals surface area contributed by atoms with Gasteiger partial charge in [-0.25, -0.2) is 4.98 Å². The molecule has 0 radical (unpaired) electrons. The lowest BCUT2D eigenvalue weighted by Crippen LogP contribution is -2.40. The van der Waals surface area contributed by atoms with Gasteiger partial charge in [0.15, 0.2) is 0 Å². The molecule has 1 N–H and O–H groups in total. The average molecular weight is 377 g/mol. The van der Waals surface area contributed by atoms with Gasteiger partial charge in [-0.05, 0) is 45.1 Å². The second-order valence-electron chi connectivity index (χ2n) is 7.03. The van der Waals surface area contributed by atoms with E-state index >= 15 is 0 Å². The van der Waals surface area contributed by atoms with Crippen LogP contribution < -0.4 is 0 Å². The van der Waals surface area contributed by atoms with E-state index in [1.54, 1.807) is 12.1 Å². The van der Waals surface area contributed by atoms with E-state index in [0.717, 1.165) is 31.8 Å². The fourth-order valence-corrected chi connectivity index (χ4v) is 3.57. The molecule has 140 valence electrons. The molecule has 1 amide bonds. The van der Waals surface area contributed by atoms with Crippen LogP contribution in [0.2, 0.25) is 5.02 Å². The smallest absolute Gasteiger partial charge is 0.257 e. The third kappa shape index (κ3) is 4.19. The molecule has 2 heterocycles. The number of carbonyl (C=O) groups excluding carboxylic acids is 1. The summed E-state index contributed by atoms with van der Waals surface area (Å²) in [5, 5.41) is 10.5. The second kappa shape index (κ2) is 8.10. The zero-order valence-electron chi connectivity index (χ0n) is 15.2. The SMILES string of the molecule is CN(C)CCn1ccnc1[C@@H]1CCCN(C(=O)c2ccc(Cl)cc2O)C1. The maximum atomic E-state index is 12.8. The number of phenolic OH excluding ortho intramolecular Hbond substituents is 1. The summed E-state index contributed by atoms with van der Waals surface area (Å²) in [6.45, 7) is 3.12. The number of phenols is 1. The van der Waals surface area contributed by atoms with Crippen molar-refractivity contribution in [2.75, 3.05) is 33.7 Å². The van der Waals surface area contributed by atoms with E-state index < -0.39 is 0 Å². The van der Waals surface area contributed by atoms with Crippen LogP contribution in [0.25, 0.3) is 0 Å². The number of amides is 1. The molecule has 1 fully saturated rings. The lowest BCUT2D eigenvalue weighted by molar-refractivity contribution is 0.0700. The predicted molar refractivity (Wildman–Crippen MR) is 102 cm³/mol. The molecule has 26 heavy (non-hydrogen) atoms. The molecule has 1 aromatic carbocycles. The lowest BCUT2D eigenvalue weighted by atomic mass is 9.96. The third-order valence-corrected chi connectivity index (χ3v) is 5.03. The molecule has 1 aliphatic heterocycles. The summed E-state index contributed by atoms with van der Waals surface area (Å²) in [7, 11) is 4.10. The molecule has 0 saturated carbocycles. The molecule has 0 aliphatic carbocycles. The number of benzene rings is 1. The fourth-order valence-electron chi connectivity index (χ4n) is 3.41. The van der Waals surface area contributed by atoms with Gasteiger partial charge in [0.1, 0.15) is 11.6 Å². The molecule has 0 spiro atoms. The molecule has 1 aliphatic rings. The summed E-state index contributed by atoms with van der Waals surface area (Å²) >= 11 is 5.87. The first-order valence-corrected chi connectivity index (χ1v) is 9.27. The minimum absolute atomic E-state index is 0.0721. The van der Waals surface area contributed by atoms with Gasteiger partial charge in [0, 0.05) is 49.5 Å². The molecule has 7 heteroatoms. The predicted octanol–water partition coefficient (Wildman–Crippen LogP) is 2.82. The van der Waals surface area contributed by atoms with Gasteiger partial charge in [0.2, 0.25) is 0 Å². The first kappa shape index (κ1) is 18.7. The highest BCUT2D eigenvalue weighted by Gasteiger charge is 2.29. The van der Waals surface area contributed by atoms with E-state index in [1.807, 2.05) is 17.3 Å². The zero-order chi connectivity index (χ0) is 18.7. The number of likely N-dealkylation sites (N-methyl/N-ethyl adjacent to an activating group) is 1. The minimum Gasteiger partial charge on any atom is -0.507 e. The van der Waals surface area contributed by atoms with Gasteiger partial charge < -0.3 is 19.5 Å². The standard InChI is InChI=1S/C19H25ClN4O2/c1-22(2)10-11-23-9-7-21-18(23)14-4-3-8-24(13-14)19(26)16-6-5-15(20)12-17(16)25/h5-7,9,12,14,25H,3-4,8,10-11,13H2,1-2H3/t14-/m1/s1. The van der Waals surface area contributed by atoms with Crippen LogP contribution in [0, 0.1) is 0 Å². The number of halogens is 1. The average Bonchev–Trinajstić information content (AvgIpc) is 3.08. The van der Waals surface area contributed by atoms with Crippen LogP contribution >= 0.6 is 11.6 Å². The summed E-state index contributed by atoms with van der Waals surface area (Å²) in [6, 6.07) is 4.62. The number of aromatic hydroxyl groups is 1. The van der Waals surface area contributed by atoms with Crippen LogP contribution in [0.1, 0.15) is 34.9 Å². The number of imidazole rings is 1. The van der Waals surface area contributed by atoms with Crippen molar-refractivity contribution in [1.82, 2.24) is 19.4 Å². The summed E-state index contributed by atoms with van der Waals surface area (Å²) in [5.41, 5.74) is 0.297. The summed E-state index contributed by atoms with van der Waals surface area (Å²) in [4.78, 5) is 21.3. The van der Waals surface area contributed by atoms with Crippen molar-refractivity contribution in [3.8, 4) is 5.75 Å². The number of piperidine rings is 1. The number of aromatic nitrogens is 2. The van der Waals surface area contributed by atoms with Crippen molar-refractivity contribution in [1.29, 1.82) is 0 Å². The van der Waals surface area contributed by atoms with Crippen molar-refractivity contribution in [3.05, 3.63) is 47.0 Å². The largest absolute Gasteiger partial charge is 0.507 e. The number of rotatable bonds is 5. The minimum atomic E-state index is -0.157. The third-order valence-electron chi connectivity index (χ3n) is 4.80. The number of hydrogen-bond acceptors (Lipinski definition) is 4. The molecular formula is C19H25ClN4O2. The maximum Gasteiger partial charge on any atom is 0.257 e. The number of likely N-dealkylation sites (tertiary alicyclic amines) is 1. The van der Waals surface area contributed by atoms with Crippen molar-refractivity contribution >= 4 is 17.5 Å². The van der Waals surface area contributed by atoms with Gasteiger partial charge in [0.25, 0.3) is 5.91 Å². The highest BCUT2D eigenvalue weighted by atomic mass is 35.5. The molecule has 3 rings (SSSR count). The monoisotopic (exact) mass is 376 g/mol. The van der Waals surface area contributed by atoms with E-state index in [4.69, 9.17) is 11.6 Å². The molecule has 1 aromatic heterocycles. The van der Waals surface area contributed by atoms with Crippen LogP contribution in [0.3, 0.4) is 0 Å². The normalized spacial score (nSPS) is 17.7. The first-order valence-electron chi connectivity index (χ1n) is 8.89. The Morgan fingerprint density at radius 1 is 1.42 bits per heavy atom. The van der Waals surface area contributed by atoms with Crippen LogP contribution in [0.15, 0.2) is 30.6 Å². The molecule has 0 bridgehead atoms. The van der Waals surface area contributed by atoms with E-state index in [2.05, 4.69) is 28.5 Å². The van der Waals surface area contributed by atoms with Crippen molar-refractivity contribution in [2.45, 2.75) is 25.3 Å². The molecule has 0 unspecified atom stereocenters. The van der Waals surface area contributed by atoms with Gasteiger partial charge >= 0.3 is 0 Å². The molecule has 2 aromatic rings.